The van der Waals surface area contributed by atoms with E-state index in [1.165, 1.54) is 12.8 Å². The van der Waals surface area contributed by atoms with Crippen LogP contribution >= 0.6 is 24.0 Å². The second kappa shape index (κ2) is 4.67. The van der Waals surface area contributed by atoms with Crippen LogP contribution in [0.2, 0.25) is 0 Å². The summed E-state index contributed by atoms with van der Waals surface area (Å²) in [6.07, 6.45) is 2.67. The minimum atomic E-state index is -0.730. The Morgan fingerprint density at radius 2 is 2.33 bits per heavy atom. The van der Waals surface area contributed by atoms with Crippen LogP contribution in [0.3, 0.4) is 0 Å². The van der Waals surface area contributed by atoms with E-state index in [1.807, 2.05) is 0 Å². The summed E-state index contributed by atoms with van der Waals surface area (Å²) in [4.78, 5) is 14.8. The summed E-state index contributed by atoms with van der Waals surface area (Å²) < 4.78 is 0.976. The van der Waals surface area contributed by atoms with Gasteiger partial charge in [0.25, 0.3) is 0 Å². The summed E-state index contributed by atoms with van der Waals surface area (Å²) in [5.74, 6) is 0.0983. The van der Waals surface area contributed by atoms with E-state index in [9.17, 15) is 4.79 Å². The van der Waals surface area contributed by atoms with Gasteiger partial charge in [-0.15, -0.1) is 0 Å². The van der Waals surface area contributed by atoms with E-state index in [2.05, 4.69) is 9.80 Å². The Morgan fingerprint density at radius 1 is 1.60 bits per heavy atom. The van der Waals surface area contributed by atoms with Gasteiger partial charge in [-0.2, -0.15) is 0 Å². The maximum absolute atomic E-state index is 10.5. The van der Waals surface area contributed by atoms with Gasteiger partial charge in [-0.05, 0) is 12.8 Å². The van der Waals surface area contributed by atoms with Gasteiger partial charge < -0.3 is 10.0 Å². The number of carbonyl (C=O) groups is 1. The van der Waals surface area contributed by atoms with Crippen molar-refractivity contribution in [2.45, 2.75) is 25.3 Å². The fourth-order valence-corrected chi connectivity index (χ4v) is 2.82. The van der Waals surface area contributed by atoms with Crippen molar-refractivity contribution in [3.63, 3.8) is 0 Å². The first-order valence-corrected chi connectivity index (χ1v) is 6.44. The van der Waals surface area contributed by atoms with Crippen LogP contribution in [-0.4, -0.2) is 50.3 Å². The van der Waals surface area contributed by atoms with E-state index in [1.54, 1.807) is 11.8 Å². The number of thiocarbonyl (C=S) groups is 1. The van der Waals surface area contributed by atoms with Crippen molar-refractivity contribution < 1.29 is 9.90 Å². The number of carboxylic acid groups (broad SMARTS) is 1. The number of hydrogen-bond acceptors (Lipinski definition) is 4. The number of thioether (sulfide) groups is 1. The second-order valence-corrected chi connectivity index (χ2v) is 5.50. The maximum atomic E-state index is 10.5. The van der Waals surface area contributed by atoms with Gasteiger partial charge in [0.15, 0.2) is 0 Å². The molecular weight excluding hydrogens is 232 g/mol. The van der Waals surface area contributed by atoms with Crippen molar-refractivity contribution in [1.29, 1.82) is 0 Å². The number of carboxylic acids is 1. The molecule has 0 unspecified atom stereocenters. The Hall–Kier alpha value is -0.330. The molecule has 1 aliphatic heterocycles. The number of nitrogens with zero attached hydrogens (tertiary/aromatic N) is 2. The molecule has 2 rings (SSSR count). The summed E-state index contributed by atoms with van der Waals surface area (Å²) in [5.41, 5.74) is 0. The number of hydrogen-bond donors (Lipinski definition) is 1. The summed E-state index contributed by atoms with van der Waals surface area (Å²) in [7, 11) is 0. The molecule has 2 aliphatic rings. The average molecular weight is 246 g/mol. The first-order chi connectivity index (χ1) is 7.16. The zero-order chi connectivity index (χ0) is 10.8. The predicted octanol–water partition coefficient (Wildman–Crippen LogP) is 1.17. The molecule has 4 nitrogen and oxygen atoms in total. The molecule has 0 aromatic carbocycles. The van der Waals surface area contributed by atoms with E-state index >= 15 is 0 Å². The molecule has 15 heavy (non-hydrogen) atoms. The summed E-state index contributed by atoms with van der Waals surface area (Å²) in [5, 5.41) is 8.61. The van der Waals surface area contributed by atoms with Crippen molar-refractivity contribution in [3.05, 3.63) is 0 Å². The molecular formula is C9H14N2O2S2. The van der Waals surface area contributed by atoms with E-state index in [0.29, 0.717) is 12.6 Å². The number of aliphatic carboxylic acids is 1. The zero-order valence-electron chi connectivity index (χ0n) is 8.39. The van der Waals surface area contributed by atoms with Crippen LogP contribution in [0.1, 0.15) is 19.3 Å². The molecule has 1 aliphatic carbocycles. The van der Waals surface area contributed by atoms with Crippen LogP contribution in [0.25, 0.3) is 0 Å². The van der Waals surface area contributed by atoms with Crippen LogP contribution < -0.4 is 0 Å². The lowest BCUT2D eigenvalue weighted by atomic mass is 10.4. The average Bonchev–Trinajstić information content (AvgIpc) is 3.00. The number of rotatable bonds is 4. The molecule has 6 heteroatoms. The Labute approximate surface area is 98.6 Å². The third kappa shape index (κ3) is 3.06. The van der Waals surface area contributed by atoms with Gasteiger partial charge in [-0.25, -0.2) is 0 Å². The van der Waals surface area contributed by atoms with E-state index in [4.69, 9.17) is 17.3 Å². The van der Waals surface area contributed by atoms with Crippen molar-refractivity contribution in [3.8, 4) is 0 Å². The van der Waals surface area contributed by atoms with E-state index in [-0.39, 0.29) is 6.42 Å². The topological polar surface area (TPSA) is 43.8 Å². The lowest BCUT2D eigenvalue weighted by Gasteiger charge is -2.36. The van der Waals surface area contributed by atoms with Crippen molar-refractivity contribution >= 4 is 34.3 Å². The third-order valence-electron chi connectivity index (χ3n) is 2.59. The first-order valence-electron chi connectivity index (χ1n) is 5.04. The molecule has 0 bridgehead atoms. The first kappa shape index (κ1) is 11.2. The van der Waals surface area contributed by atoms with Gasteiger partial charge in [-0.1, -0.05) is 24.0 Å². The molecule has 84 valence electrons. The smallest absolute Gasteiger partial charge is 0.304 e. The fourth-order valence-electron chi connectivity index (χ4n) is 1.58. The van der Waals surface area contributed by atoms with Crippen LogP contribution in [0.15, 0.2) is 0 Å². The standard InChI is InChI=1S/C9H14N2O2S2/c12-8(13)3-4-10-5-11(7-1-2-7)9(14)15-6-10/h7H,1-6H2,(H,12,13). The van der Waals surface area contributed by atoms with Crippen LogP contribution in [-0.2, 0) is 4.79 Å². The van der Waals surface area contributed by atoms with Gasteiger partial charge in [0.05, 0.1) is 19.0 Å². The highest BCUT2D eigenvalue weighted by Crippen LogP contribution is 2.32. The normalized spacial score (nSPS) is 23.2. The predicted molar refractivity (Wildman–Crippen MR) is 63.7 cm³/mol. The highest BCUT2D eigenvalue weighted by molar-refractivity contribution is 8.22. The van der Waals surface area contributed by atoms with Gasteiger partial charge in [0.2, 0.25) is 0 Å². The van der Waals surface area contributed by atoms with Crippen molar-refractivity contribution in [2.24, 2.45) is 0 Å². The molecule has 1 saturated carbocycles. The Kier molecular flexibility index (Phi) is 3.48. The molecule has 0 radical (unpaired) electrons. The summed E-state index contributed by atoms with van der Waals surface area (Å²) in [6, 6.07) is 0.623. The molecule has 0 atom stereocenters. The van der Waals surface area contributed by atoms with E-state index < -0.39 is 5.97 Å². The maximum Gasteiger partial charge on any atom is 0.304 e. The SMILES string of the molecule is O=C(O)CCN1CSC(=S)N(C2CC2)C1. The monoisotopic (exact) mass is 246 g/mol. The lowest BCUT2D eigenvalue weighted by molar-refractivity contribution is -0.137. The highest BCUT2D eigenvalue weighted by atomic mass is 32.2. The zero-order valence-corrected chi connectivity index (χ0v) is 10.0. The Morgan fingerprint density at radius 3 is 2.93 bits per heavy atom. The molecule has 0 aromatic heterocycles. The Bertz CT molecular complexity index is 281. The minimum Gasteiger partial charge on any atom is -0.481 e. The van der Waals surface area contributed by atoms with Crippen molar-refractivity contribution in [2.75, 3.05) is 19.1 Å². The largest absolute Gasteiger partial charge is 0.481 e. The van der Waals surface area contributed by atoms with Crippen LogP contribution in [0, 0.1) is 0 Å². The molecule has 0 spiro atoms. The lowest BCUT2D eigenvalue weighted by Crippen LogP contribution is -2.46. The van der Waals surface area contributed by atoms with Crippen LogP contribution in [0.4, 0.5) is 0 Å². The highest BCUT2D eigenvalue weighted by Gasteiger charge is 2.34. The quantitative estimate of drug-likeness (QED) is 0.751. The third-order valence-corrected chi connectivity index (χ3v) is 4.15. The van der Waals surface area contributed by atoms with E-state index in [0.717, 1.165) is 16.9 Å². The molecule has 2 fully saturated rings. The molecule has 1 heterocycles. The fraction of sp³-hybridized carbons (Fsp3) is 0.778. The van der Waals surface area contributed by atoms with Gasteiger partial charge >= 0.3 is 5.97 Å². The van der Waals surface area contributed by atoms with Crippen LogP contribution in [0.5, 0.6) is 0 Å². The Balaban J connectivity index is 1.82. The second-order valence-electron chi connectivity index (χ2n) is 3.92. The van der Waals surface area contributed by atoms with Gasteiger partial charge in [0.1, 0.15) is 4.32 Å². The molecule has 1 N–H and O–H groups in total. The molecule has 0 aromatic rings. The van der Waals surface area contributed by atoms with Gasteiger partial charge in [-0.3, -0.25) is 9.69 Å². The minimum absolute atomic E-state index is 0.214. The summed E-state index contributed by atoms with van der Waals surface area (Å²) in [6.45, 7) is 1.43. The molecule has 0 amide bonds. The van der Waals surface area contributed by atoms with Gasteiger partial charge in [0, 0.05) is 12.6 Å². The van der Waals surface area contributed by atoms with Crippen molar-refractivity contribution in [1.82, 2.24) is 9.80 Å². The summed E-state index contributed by atoms with van der Waals surface area (Å²) >= 11 is 6.92. The molecule has 1 saturated heterocycles.